The molecule has 0 spiro atoms. The van der Waals surface area contributed by atoms with Crippen molar-refractivity contribution in [1.82, 2.24) is 4.90 Å². The summed E-state index contributed by atoms with van der Waals surface area (Å²) < 4.78 is 5.18. The van der Waals surface area contributed by atoms with Gasteiger partial charge in [0.2, 0.25) is 5.91 Å². The lowest BCUT2D eigenvalue weighted by Gasteiger charge is -2.34. The summed E-state index contributed by atoms with van der Waals surface area (Å²) in [5.41, 5.74) is 0.108. The van der Waals surface area contributed by atoms with Gasteiger partial charge in [-0.1, -0.05) is 6.92 Å². The fraction of sp³-hybridized carbons (Fsp3) is 0.529. The number of rotatable bonds is 4. The smallest absolute Gasteiger partial charge is 0.273 e. The fourth-order valence-electron chi connectivity index (χ4n) is 3.63. The van der Waals surface area contributed by atoms with Crippen LogP contribution in [0.15, 0.2) is 18.2 Å². The molecule has 2 aliphatic rings. The number of nitrogens with zero attached hydrogens (tertiary/aromatic N) is 3. The molecule has 0 radical (unpaired) electrons. The summed E-state index contributed by atoms with van der Waals surface area (Å²) in [5, 5.41) is 10.9. The Labute approximate surface area is 145 Å². The standard InChI is InChI=1S/C17H21N3O5/c1-11-4-3-7-18(10-11)14-9-16(21)19(17(14)22)13-6-5-12(20(23)24)8-15(13)25-2/h5-6,8,11,14H,3-4,7,9-10H2,1-2H3. The van der Waals surface area contributed by atoms with Crippen LogP contribution in [0.4, 0.5) is 11.4 Å². The molecule has 2 unspecified atom stereocenters. The average Bonchev–Trinajstić information content (AvgIpc) is 2.88. The van der Waals surface area contributed by atoms with Crippen LogP contribution in [-0.2, 0) is 9.59 Å². The number of carbonyl (C=O) groups excluding carboxylic acids is 2. The summed E-state index contributed by atoms with van der Waals surface area (Å²) in [4.78, 5) is 38.9. The summed E-state index contributed by atoms with van der Waals surface area (Å²) in [6, 6.07) is 3.43. The first-order chi connectivity index (χ1) is 11.9. The highest BCUT2D eigenvalue weighted by atomic mass is 16.6. The maximum atomic E-state index is 12.9. The summed E-state index contributed by atoms with van der Waals surface area (Å²) in [7, 11) is 1.36. The molecule has 2 fully saturated rings. The van der Waals surface area contributed by atoms with E-state index in [9.17, 15) is 19.7 Å². The van der Waals surface area contributed by atoms with Gasteiger partial charge in [0.05, 0.1) is 36.2 Å². The maximum Gasteiger partial charge on any atom is 0.273 e. The molecule has 134 valence electrons. The van der Waals surface area contributed by atoms with Crippen LogP contribution >= 0.6 is 0 Å². The first-order valence-corrected chi connectivity index (χ1v) is 8.35. The first-order valence-electron chi connectivity index (χ1n) is 8.35. The lowest BCUT2D eigenvalue weighted by molar-refractivity contribution is -0.384. The van der Waals surface area contributed by atoms with Gasteiger partial charge in [-0.3, -0.25) is 24.6 Å². The molecular weight excluding hydrogens is 326 g/mol. The van der Waals surface area contributed by atoms with E-state index in [1.165, 1.54) is 25.3 Å². The van der Waals surface area contributed by atoms with E-state index in [0.29, 0.717) is 5.92 Å². The zero-order valence-electron chi connectivity index (χ0n) is 14.3. The van der Waals surface area contributed by atoms with Gasteiger partial charge in [0.25, 0.3) is 11.6 Å². The van der Waals surface area contributed by atoms with Crippen LogP contribution in [0.5, 0.6) is 5.75 Å². The van der Waals surface area contributed by atoms with Crippen molar-refractivity contribution in [2.24, 2.45) is 5.92 Å². The van der Waals surface area contributed by atoms with E-state index in [2.05, 4.69) is 11.8 Å². The second-order valence-corrected chi connectivity index (χ2v) is 6.64. The highest BCUT2D eigenvalue weighted by Crippen LogP contribution is 2.36. The topological polar surface area (TPSA) is 93.0 Å². The van der Waals surface area contributed by atoms with Crippen molar-refractivity contribution < 1.29 is 19.2 Å². The van der Waals surface area contributed by atoms with Crippen LogP contribution in [0.25, 0.3) is 0 Å². The van der Waals surface area contributed by atoms with Crippen LogP contribution in [0, 0.1) is 16.0 Å². The number of nitro benzene ring substituents is 1. The van der Waals surface area contributed by atoms with E-state index in [4.69, 9.17) is 4.74 Å². The third-order valence-electron chi connectivity index (χ3n) is 4.87. The Bertz CT molecular complexity index is 720. The van der Waals surface area contributed by atoms with Crippen molar-refractivity contribution in [3.8, 4) is 5.75 Å². The molecule has 25 heavy (non-hydrogen) atoms. The zero-order valence-corrected chi connectivity index (χ0v) is 14.3. The summed E-state index contributed by atoms with van der Waals surface area (Å²) >= 11 is 0. The molecule has 2 aliphatic heterocycles. The predicted molar refractivity (Wildman–Crippen MR) is 90.5 cm³/mol. The molecule has 2 amide bonds. The number of likely N-dealkylation sites (tertiary alicyclic amines) is 1. The molecule has 0 saturated carbocycles. The van der Waals surface area contributed by atoms with Crippen LogP contribution in [0.1, 0.15) is 26.2 Å². The Balaban J connectivity index is 1.89. The van der Waals surface area contributed by atoms with Crippen LogP contribution < -0.4 is 9.64 Å². The summed E-state index contributed by atoms with van der Waals surface area (Å²) in [6.07, 6.45) is 2.27. The highest BCUT2D eigenvalue weighted by molar-refractivity contribution is 6.23. The number of anilines is 1. The molecule has 2 heterocycles. The number of carbonyl (C=O) groups is 2. The molecule has 1 aromatic rings. The van der Waals surface area contributed by atoms with Crippen molar-refractivity contribution in [3.63, 3.8) is 0 Å². The van der Waals surface area contributed by atoms with Gasteiger partial charge in [0.1, 0.15) is 5.75 Å². The number of imide groups is 1. The average molecular weight is 347 g/mol. The van der Waals surface area contributed by atoms with E-state index >= 15 is 0 Å². The van der Waals surface area contributed by atoms with Gasteiger partial charge in [0.15, 0.2) is 0 Å². The largest absolute Gasteiger partial charge is 0.494 e. The van der Waals surface area contributed by atoms with Gasteiger partial charge in [-0.05, 0) is 31.4 Å². The minimum Gasteiger partial charge on any atom is -0.494 e. The number of nitro groups is 1. The number of hydrogen-bond donors (Lipinski definition) is 0. The van der Waals surface area contributed by atoms with Crippen LogP contribution in [0.3, 0.4) is 0 Å². The van der Waals surface area contributed by atoms with Crippen molar-refractivity contribution in [2.45, 2.75) is 32.2 Å². The van der Waals surface area contributed by atoms with Gasteiger partial charge in [-0.2, -0.15) is 0 Å². The Morgan fingerprint density at radius 3 is 2.72 bits per heavy atom. The van der Waals surface area contributed by atoms with Gasteiger partial charge in [-0.25, -0.2) is 4.90 Å². The Morgan fingerprint density at radius 2 is 2.08 bits per heavy atom. The van der Waals surface area contributed by atoms with Gasteiger partial charge < -0.3 is 4.74 Å². The molecule has 2 atom stereocenters. The van der Waals surface area contributed by atoms with E-state index in [1.54, 1.807) is 0 Å². The number of piperidine rings is 1. The number of non-ortho nitro benzene ring substituents is 1. The molecule has 0 N–H and O–H groups in total. The second kappa shape index (κ2) is 6.79. The van der Waals surface area contributed by atoms with Crippen molar-refractivity contribution >= 4 is 23.2 Å². The third-order valence-corrected chi connectivity index (χ3v) is 4.87. The van der Waals surface area contributed by atoms with E-state index in [0.717, 1.165) is 30.8 Å². The molecular formula is C17H21N3O5. The molecule has 0 aliphatic carbocycles. The molecule has 0 bridgehead atoms. The Morgan fingerprint density at radius 1 is 1.32 bits per heavy atom. The predicted octanol–water partition coefficient (Wildman–Crippen LogP) is 1.97. The number of hydrogen-bond acceptors (Lipinski definition) is 6. The van der Waals surface area contributed by atoms with E-state index in [-0.39, 0.29) is 35.4 Å². The number of methoxy groups -OCH3 is 1. The monoisotopic (exact) mass is 347 g/mol. The quantitative estimate of drug-likeness (QED) is 0.470. The van der Waals surface area contributed by atoms with Gasteiger partial charge in [0, 0.05) is 12.6 Å². The number of ether oxygens (including phenoxy) is 1. The third kappa shape index (κ3) is 3.21. The van der Waals surface area contributed by atoms with E-state index < -0.39 is 11.0 Å². The van der Waals surface area contributed by atoms with E-state index in [1.807, 2.05) is 0 Å². The SMILES string of the molecule is COc1cc([N+](=O)[O-])ccc1N1C(=O)CC(N2CCCC(C)C2)C1=O. The normalized spacial score (nSPS) is 24.6. The summed E-state index contributed by atoms with van der Waals surface area (Å²) in [6.45, 7) is 3.75. The van der Waals surface area contributed by atoms with Gasteiger partial charge >= 0.3 is 0 Å². The zero-order chi connectivity index (χ0) is 18.1. The highest BCUT2D eigenvalue weighted by Gasteiger charge is 2.44. The van der Waals surface area contributed by atoms with Crippen LogP contribution in [0.2, 0.25) is 0 Å². The molecule has 8 nitrogen and oxygen atoms in total. The fourth-order valence-corrected chi connectivity index (χ4v) is 3.63. The Kier molecular flexibility index (Phi) is 4.71. The van der Waals surface area contributed by atoms with Crippen LogP contribution in [-0.4, -0.2) is 47.9 Å². The van der Waals surface area contributed by atoms with Crippen molar-refractivity contribution in [2.75, 3.05) is 25.1 Å². The van der Waals surface area contributed by atoms with Gasteiger partial charge in [-0.15, -0.1) is 0 Å². The molecule has 1 aromatic carbocycles. The summed E-state index contributed by atoms with van der Waals surface area (Å²) in [5.74, 6) is 0.0507. The lowest BCUT2D eigenvalue weighted by Crippen LogP contribution is -2.46. The lowest BCUT2D eigenvalue weighted by atomic mass is 9.98. The minimum atomic E-state index is -0.544. The number of amides is 2. The molecule has 8 heteroatoms. The van der Waals surface area contributed by atoms with Crippen molar-refractivity contribution in [3.05, 3.63) is 28.3 Å². The Hall–Kier alpha value is -2.48. The first kappa shape index (κ1) is 17.3. The second-order valence-electron chi connectivity index (χ2n) is 6.64. The molecule has 2 saturated heterocycles. The molecule has 0 aromatic heterocycles. The molecule has 3 rings (SSSR count). The van der Waals surface area contributed by atoms with Crippen molar-refractivity contribution in [1.29, 1.82) is 0 Å². The maximum absolute atomic E-state index is 12.9. The minimum absolute atomic E-state index is 0.131. The number of benzene rings is 1.